The molecule has 0 aliphatic carbocycles. The predicted octanol–water partition coefficient (Wildman–Crippen LogP) is 8.86. The van der Waals surface area contributed by atoms with E-state index >= 15 is 0 Å². The van der Waals surface area contributed by atoms with Crippen LogP contribution in [0.3, 0.4) is 0 Å². The topological polar surface area (TPSA) is 205 Å². The van der Waals surface area contributed by atoms with Crippen LogP contribution >= 0.6 is 21.9 Å². The zero-order chi connectivity index (χ0) is 47.7. The van der Waals surface area contributed by atoms with Crippen molar-refractivity contribution < 1.29 is 62.3 Å². The van der Waals surface area contributed by atoms with E-state index in [-0.39, 0.29) is 6.42 Å². The summed E-state index contributed by atoms with van der Waals surface area (Å²) in [6, 6.07) is 51.7. The Balaban J connectivity index is 1.44. The standard InChI is InChI=1S/C51H61O13P3/c1-2-47(52)60-33-46-48(62-65(54,55,34-40-21-9-3-10-22-40)35-41-23-11-4-12-24-41)49(63-66(56,57,36-42-25-13-5-14-26-42)37-43-27-15-6-16-28-43)50(51(53)61-46)64-67(58,59,38-44-29-17-7-18-30-44)39-45-31-19-8-20-32-45/h3-32,46,48-51,53-59H,2,33-39H2,1H3/t46-,48-,49+,50+,51?/m1/s1. The summed E-state index contributed by atoms with van der Waals surface area (Å²) >= 11 is 0. The van der Waals surface area contributed by atoms with Gasteiger partial charge in [-0.15, -0.1) is 0 Å². The molecule has 0 aromatic heterocycles. The van der Waals surface area contributed by atoms with Crippen LogP contribution in [0.5, 0.6) is 0 Å². The molecule has 1 unspecified atom stereocenters. The van der Waals surface area contributed by atoms with Crippen LogP contribution in [0.25, 0.3) is 0 Å². The van der Waals surface area contributed by atoms with Gasteiger partial charge in [0, 0.05) is 0 Å². The van der Waals surface area contributed by atoms with Gasteiger partial charge in [0.1, 0.15) is 0 Å². The molecule has 1 aliphatic rings. The van der Waals surface area contributed by atoms with E-state index in [4.69, 9.17) is 23.0 Å². The van der Waals surface area contributed by atoms with Gasteiger partial charge in [-0.1, -0.05) is 0 Å². The number of esters is 1. The number of ether oxygens (including phenoxy) is 2. The summed E-state index contributed by atoms with van der Waals surface area (Å²) < 4.78 is 32.0. The Labute approximate surface area is 391 Å². The first kappa shape index (κ1) is 50.5. The Morgan fingerprint density at radius 1 is 0.433 bits per heavy atom. The van der Waals surface area contributed by atoms with Gasteiger partial charge in [0.05, 0.1) is 0 Å². The van der Waals surface area contributed by atoms with Gasteiger partial charge < -0.3 is 0 Å². The Kier molecular flexibility index (Phi) is 15.6. The van der Waals surface area contributed by atoms with Crippen molar-refractivity contribution in [2.45, 2.75) is 81.0 Å². The molecule has 7 N–H and O–H groups in total. The molecule has 1 aliphatic heterocycles. The van der Waals surface area contributed by atoms with Gasteiger partial charge >= 0.3 is 393 Å². The van der Waals surface area contributed by atoms with Gasteiger partial charge in [0.2, 0.25) is 0 Å². The average molecular weight is 975 g/mol. The fourth-order valence-corrected chi connectivity index (χ4v) is 17.5. The van der Waals surface area contributed by atoms with Crippen molar-refractivity contribution in [3.05, 3.63) is 215 Å². The first-order valence-corrected chi connectivity index (χ1v) is 29.5. The fourth-order valence-electron chi connectivity index (χ4n) is 8.60. The summed E-state index contributed by atoms with van der Waals surface area (Å²) in [5.41, 5.74) is 2.84. The third kappa shape index (κ3) is 14.1. The molecular formula is C51H61O13P3. The van der Waals surface area contributed by atoms with Crippen molar-refractivity contribution in [1.82, 2.24) is 0 Å². The Bertz CT molecular complexity index is 2370. The number of aliphatic hydroxyl groups excluding tert-OH is 1. The molecule has 13 nitrogen and oxygen atoms in total. The van der Waals surface area contributed by atoms with E-state index < -0.39 is 102 Å². The molecular weight excluding hydrogens is 913 g/mol. The molecule has 1 fully saturated rings. The van der Waals surface area contributed by atoms with E-state index in [1.807, 2.05) is 0 Å². The summed E-state index contributed by atoms with van der Waals surface area (Å²) in [4.78, 5) is 91.3. The molecule has 5 atom stereocenters. The van der Waals surface area contributed by atoms with E-state index in [1.165, 1.54) is 0 Å². The molecule has 0 saturated carbocycles. The summed E-state index contributed by atoms with van der Waals surface area (Å²) in [6.07, 6.45) is -12.5. The van der Waals surface area contributed by atoms with Gasteiger partial charge in [-0.2, -0.15) is 0 Å². The normalized spacial score (nSPS) is 20.8. The van der Waals surface area contributed by atoms with E-state index in [1.54, 1.807) is 189 Å². The third-order valence-electron chi connectivity index (χ3n) is 11.5. The average Bonchev–Trinajstić information content (AvgIpc) is 3.29. The Morgan fingerprint density at radius 3 is 0.955 bits per heavy atom. The van der Waals surface area contributed by atoms with Crippen LogP contribution in [-0.2, 0) is 64.8 Å². The second-order valence-electron chi connectivity index (χ2n) is 17.6. The maximum absolute atomic E-state index is 13.2. The van der Waals surface area contributed by atoms with E-state index in [9.17, 15) is 39.3 Å². The molecule has 7 rings (SSSR count). The molecule has 16 heteroatoms. The number of carbonyl (C=O) groups is 1. The number of hydrogen-bond acceptors (Lipinski definition) is 13. The van der Waals surface area contributed by atoms with Gasteiger partial charge in [0.25, 0.3) is 0 Å². The molecule has 358 valence electrons. The van der Waals surface area contributed by atoms with Gasteiger partial charge in [0.15, 0.2) is 0 Å². The van der Waals surface area contributed by atoms with Gasteiger partial charge in [-0.05, 0) is 0 Å². The summed E-state index contributed by atoms with van der Waals surface area (Å²) in [6.45, 7) is 0.944. The first-order valence-electron chi connectivity index (χ1n) is 22.2. The van der Waals surface area contributed by atoms with Crippen LogP contribution in [0, 0.1) is 0 Å². The van der Waals surface area contributed by atoms with Crippen LogP contribution in [-0.4, -0.2) is 77.7 Å². The van der Waals surface area contributed by atoms with Crippen LogP contribution in [0.1, 0.15) is 46.7 Å². The second-order valence-corrected chi connectivity index (χ2v) is 27.9. The number of aliphatic hydroxyl groups is 1. The van der Waals surface area contributed by atoms with Gasteiger partial charge in [-0.3, -0.25) is 0 Å². The van der Waals surface area contributed by atoms with Crippen LogP contribution in [0.2, 0.25) is 0 Å². The molecule has 0 amide bonds. The number of carbonyl (C=O) groups excluding carboxylic acids is 1. The van der Waals surface area contributed by atoms with Crippen molar-refractivity contribution in [3.63, 3.8) is 0 Å². The quantitative estimate of drug-likeness (QED) is 0.0266. The Morgan fingerprint density at radius 2 is 0.687 bits per heavy atom. The zero-order valence-corrected chi connectivity index (χ0v) is 40.0. The number of benzene rings is 6. The number of hydrogen-bond donors (Lipinski definition) is 7. The minimum atomic E-state index is -5.77. The van der Waals surface area contributed by atoms with Crippen LogP contribution < -0.4 is 0 Å². The monoisotopic (exact) mass is 974 g/mol. The van der Waals surface area contributed by atoms with E-state index in [0.29, 0.717) is 33.4 Å². The molecule has 6 aromatic carbocycles. The molecule has 0 radical (unpaired) electrons. The number of rotatable bonds is 21. The predicted molar refractivity (Wildman–Crippen MR) is 262 cm³/mol. The third-order valence-corrected chi connectivity index (χ3v) is 19.7. The molecule has 0 bridgehead atoms. The fraction of sp³-hybridized carbons (Fsp3) is 0.275. The van der Waals surface area contributed by atoms with Crippen molar-refractivity contribution >= 4 is 27.8 Å². The summed E-state index contributed by atoms with van der Waals surface area (Å²) in [5.74, 6) is -0.662. The van der Waals surface area contributed by atoms with Crippen molar-refractivity contribution in [2.75, 3.05) is 6.61 Å². The van der Waals surface area contributed by atoms with Crippen molar-refractivity contribution in [2.24, 2.45) is 0 Å². The zero-order valence-electron chi connectivity index (χ0n) is 37.3. The second kappa shape index (κ2) is 20.7. The Hall–Kier alpha value is -4.36. The summed E-state index contributed by atoms with van der Waals surface area (Å²) in [5, 5.41) is 12.3. The van der Waals surface area contributed by atoms with Crippen LogP contribution in [0.4, 0.5) is 0 Å². The van der Waals surface area contributed by atoms with Crippen molar-refractivity contribution in [3.8, 4) is 0 Å². The van der Waals surface area contributed by atoms with E-state index in [0.717, 1.165) is 0 Å². The molecule has 6 aromatic rings. The van der Waals surface area contributed by atoms with Crippen LogP contribution in [0.15, 0.2) is 182 Å². The molecule has 67 heavy (non-hydrogen) atoms. The molecule has 0 spiro atoms. The first-order chi connectivity index (χ1) is 31.8. The summed E-state index contributed by atoms with van der Waals surface area (Å²) in [7, 11) is -17.1. The molecule has 1 heterocycles. The van der Waals surface area contributed by atoms with Gasteiger partial charge in [-0.25, -0.2) is 0 Å². The SMILES string of the molecule is CCC(=O)OC[C@H]1OC(O)[C@@H](OP(O)(O)(Cc2ccccc2)Cc2ccccc2)[C@@H](OP(O)(O)(Cc2ccccc2)Cc2ccccc2)[C@@H]1OP(O)(O)(Cc1ccccc1)Cc1ccccc1. The van der Waals surface area contributed by atoms with Crippen molar-refractivity contribution in [1.29, 1.82) is 0 Å². The molecule has 1 saturated heterocycles. The maximum atomic E-state index is 13.2. The van der Waals surface area contributed by atoms with E-state index in [2.05, 4.69) is 0 Å². The minimum absolute atomic E-state index is 0.0470.